The second-order valence-electron chi connectivity index (χ2n) is 4.00. The summed E-state index contributed by atoms with van der Waals surface area (Å²) in [5.74, 6) is 0. The molecule has 3 rings (SSSR count). The van der Waals surface area contributed by atoms with Crippen LogP contribution in [0, 0.1) is 0 Å². The Hall–Kier alpha value is -2.16. The second kappa shape index (κ2) is 4.37. The number of hydrogen-bond acceptors (Lipinski definition) is 3. The highest BCUT2D eigenvalue weighted by molar-refractivity contribution is 5.67. The van der Waals surface area contributed by atoms with Crippen LogP contribution < -0.4 is 0 Å². The van der Waals surface area contributed by atoms with Gasteiger partial charge >= 0.3 is 0 Å². The van der Waals surface area contributed by atoms with Gasteiger partial charge in [0.25, 0.3) is 0 Å². The lowest BCUT2D eigenvalue weighted by Gasteiger charge is -2.01. The predicted molar refractivity (Wildman–Crippen MR) is 65.7 cm³/mol. The minimum absolute atomic E-state index is 0.675. The first-order valence-corrected chi connectivity index (χ1v) is 5.64. The molecule has 0 amide bonds. The molecule has 0 fully saturated rings. The topological polar surface area (TPSA) is 38.9 Å². The largest absolute Gasteiger partial charge is 0.442 e. The molecule has 1 aromatic carbocycles. The van der Waals surface area contributed by atoms with Crippen LogP contribution in [0.2, 0.25) is 0 Å². The Morgan fingerprint density at radius 3 is 2.65 bits per heavy atom. The van der Waals surface area contributed by atoms with Gasteiger partial charge < -0.3 is 4.42 Å². The van der Waals surface area contributed by atoms with E-state index in [1.807, 2.05) is 18.3 Å². The van der Waals surface area contributed by atoms with E-state index >= 15 is 0 Å². The van der Waals surface area contributed by atoms with Crippen molar-refractivity contribution in [2.24, 2.45) is 0 Å². The van der Waals surface area contributed by atoms with Crippen molar-refractivity contribution in [1.29, 1.82) is 0 Å². The van der Waals surface area contributed by atoms with Crippen molar-refractivity contribution in [2.75, 3.05) is 0 Å². The molecule has 0 aliphatic carbocycles. The molecule has 0 spiro atoms. The zero-order chi connectivity index (χ0) is 11.5. The quantitative estimate of drug-likeness (QED) is 0.686. The van der Waals surface area contributed by atoms with Gasteiger partial charge in [-0.15, -0.1) is 0 Å². The van der Waals surface area contributed by atoms with Crippen molar-refractivity contribution in [3.8, 4) is 0 Å². The highest BCUT2D eigenvalue weighted by Gasteiger charge is 2.02. The highest BCUT2D eigenvalue weighted by atomic mass is 16.3. The molecule has 2 aromatic heterocycles. The molecular formula is C14H12N2O. The summed E-state index contributed by atoms with van der Waals surface area (Å²) >= 11 is 0. The van der Waals surface area contributed by atoms with E-state index in [0.717, 1.165) is 18.4 Å². The van der Waals surface area contributed by atoms with E-state index in [2.05, 4.69) is 34.2 Å². The molecule has 0 unspecified atom stereocenters. The SMILES string of the molecule is c1ccc(CCc2cnc3ncoc3c2)cc1. The van der Waals surface area contributed by atoms with E-state index in [1.165, 1.54) is 17.5 Å². The van der Waals surface area contributed by atoms with Crippen LogP contribution in [0.1, 0.15) is 11.1 Å². The molecule has 0 aliphatic heterocycles. The molecule has 0 saturated carbocycles. The van der Waals surface area contributed by atoms with E-state index in [1.54, 1.807) is 0 Å². The Bertz CT molecular complexity index is 616. The lowest BCUT2D eigenvalue weighted by atomic mass is 10.1. The van der Waals surface area contributed by atoms with Crippen molar-refractivity contribution in [3.05, 3.63) is 60.1 Å². The zero-order valence-corrected chi connectivity index (χ0v) is 9.34. The summed E-state index contributed by atoms with van der Waals surface area (Å²) in [5.41, 5.74) is 3.95. The normalized spacial score (nSPS) is 10.8. The van der Waals surface area contributed by atoms with Crippen LogP contribution in [0.15, 0.2) is 53.4 Å². The zero-order valence-electron chi connectivity index (χ0n) is 9.34. The van der Waals surface area contributed by atoms with Gasteiger partial charge in [0, 0.05) is 6.20 Å². The number of rotatable bonds is 3. The van der Waals surface area contributed by atoms with Crippen LogP contribution in [0.4, 0.5) is 0 Å². The Morgan fingerprint density at radius 1 is 0.941 bits per heavy atom. The van der Waals surface area contributed by atoms with E-state index in [-0.39, 0.29) is 0 Å². The fourth-order valence-electron chi connectivity index (χ4n) is 1.86. The Kier molecular flexibility index (Phi) is 2.58. The van der Waals surface area contributed by atoms with Crippen molar-refractivity contribution in [2.45, 2.75) is 12.8 Å². The van der Waals surface area contributed by atoms with E-state index in [0.29, 0.717) is 5.65 Å². The molecule has 3 aromatic rings. The molecule has 17 heavy (non-hydrogen) atoms. The lowest BCUT2D eigenvalue weighted by molar-refractivity contribution is 0.601. The Balaban J connectivity index is 1.76. The standard InChI is InChI=1S/C14H12N2O/c1-2-4-11(5-3-1)6-7-12-8-13-14(15-9-12)16-10-17-13/h1-5,8-10H,6-7H2. The third-order valence-electron chi connectivity index (χ3n) is 2.79. The van der Waals surface area contributed by atoms with Gasteiger partial charge in [0.15, 0.2) is 17.6 Å². The molecule has 0 saturated heterocycles. The molecule has 0 aliphatic rings. The third-order valence-corrected chi connectivity index (χ3v) is 2.79. The molecule has 0 radical (unpaired) electrons. The summed E-state index contributed by atoms with van der Waals surface area (Å²) < 4.78 is 5.24. The molecule has 0 N–H and O–H groups in total. The fraction of sp³-hybridized carbons (Fsp3) is 0.143. The first-order chi connectivity index (χ1) is 8.42. The summed E-state index contributed by atoms with van der Waals surface area (Å²) in [7, 11) is 0. The van der Waals surface area contributed by atoms with Gasteiger partial charge in [-0.2, -0.15) is 4.98 Å². The smallest absolute Gasteiger partial charge is 0.198 e. The van der Waals surface area contributed by atoms with Crippen molar-refractivity contribution in [1.82, 2.24) is 9.97 Å². The van der Waals surface area contributed by atoms with Crippen LogP contribution in [0.3, 0.4) is 0 Å². The molecule has 2 heterocycles. The van der Waals surface area contributed by atoms with E-state index in [4.69, 9.17) is 4.42 Å². The van der Waals surface area contributed by atoms with Gasteiger partial charge in [0.2, 0.25) is 0 Å². The number of aromatic nitrogens is 2. The molecule has 84 valence electrons. The third kappa shape index (κ3) is 2.18. The summed E-state index contributed by atoms with van der Waals surface area (Å²) in [6.07, 6.45) is 5.28. The number of hydrogen-bond donors (Lipinski definition) is 0. The summed E-state index contributed by atoms with van der Waals surface area (Å²) in [4.78, 5) is 8.25. The Morgan fingerprint density at radius 2 is 1.76 bits per heavy atom. The van der Waals surface area contributed by atoms with Crippen molar-refractivity contribution >= 4 is 11.2 Å². The maximum absolute atomic E-state index is 5.24. The van der Waals surface area contributed by atoms with Gasteiger partial charge in [-0.3, -0.25) is 0 Å². The number of aryl methyl sites for hydroxylation is 2. The van der Waals surface area contributed by atoms with Crippen molar-refractivity contribution in [3.63, 3.8) is 0 Å². The first-order valence-electron chi connectivity index (χ1n) is 5.64. The number of benzene rings is 1. The van der Waals surface area contributed by atoms with E-state index in [9.17, 15) is 0 Å². The van der Waals surface area contributed by atoms with Crippen molar-refractivity contribution < 1.29 is 4.42 Å². The molecule has 3 nitrogen and oxygen atoms in total. The average Bonchev–Trinajstić information content (AvgIpc) is 2.85. The van der Waals surface area contributed by atoms with Crippen LogP contribution in [0.5, 0.6) is 0 Å². The van der Waals surface area contributed by atoms with Gasteiger partial charge in [0.1, 0.15) is 0 Å². The number of fused-ring (bicyclic) bond motifs is 1. The average molecular weight is 224 g/mol. The number of oxazole rings is 1. The first kappa shape index (κ1) is 10.0. The molecule has 0 bridgehead atoms. The van der Waals surface area contributed by atoms with Gasteiger partial charge in [0.05, 0.1) is 0 Å². The minimum Gasteiger partial charge on any atom is -0.442 e. The highest BCUT2D eigenvalue weighted by Crippen LogP contribution is 2.13. The minimum atomic E-state index is 0.675. The van der Waals surface area contributed by atoms with Gasteiger partial charge in [-0.1, -0.05) is 30.3 Å². The monoisotopic (exact) mass is 224 g/mol. The van der Waals surface area contributed by atoms with Crippen LogP contribution in [-0.2, 0) is 12.8 Å². The van der Waals surface area contributed by atoms with Gasteiger partial charge in [-0.25, -0.2) is 4.98 Å². The summed E-state index contributed by atoms with van der Waals surface area (Å²) in [5, 5.41) is 0. The number of nitrogens with zero attached hydrogens (tertiary/aromatic N) is 2. The second-order valence-corrected chi connectivity index (χ2v) is 4.00. The maximum Gasteiger partial charge on any atom is 0.198 e. The molecule has 0 atom stereocenters. The van der Waals surface area contributed by atoms with Crippen LogP contribution >= 0.6 is 0 Å². The summed E-state index contributed by atoms with van der Waals surface area (Å²) in [6.45, 7) is 0. The van der Waals surface area contributed by atoms with E-state index < -0.39 is 0 Å². The van der Waals surface area contributed by atoms with Gasteiger partial charge in [-0.05, 0) is 30.0 Å². The fourth-order valence-corrected chi connectivity index (χ4v) is 1.86. The maximum atomic E-state index is 5.24. The lowest BCUT2D eigenvalue weighted by Crippen LogP contribution is -1.92. The Labute approximate surface area is 99.1 Å². The predicted octanol–water partition coefficient (Wildman–Crippen LogP) is 3.01. The van der Waals surface area contributed by atoms with Crippen LogP contribution in [-0.4, -0.2) is 9.97 Å². The summed E-state index contributed by atoms with van der Waals surface area (Å²) in [6, 6.07) is 12.4. The number of pyridine rings is 1. The molecule has 3 heteroatoms. The molecular weight excluding hydrogens is 212 g/mol. The van der Waals surface area contributed by atoms with Crippen LogP contribution in [0.25, 0.3) is 11.2 Å².